The number of hydrogen-bond donors (Lipinski definition) is 1. The largest absolute Gasteiger partial charge is 0.384 e. The molecule has 0 radical (unpaired) electrons. The summed E-state index contributed by atoms with van der Waals surface area (Å²) in [5.74, 6) is 0.198. The highest BCUT2D eigenvalue weighted by molar-refractivity contribution is 6.28. The van der Waals surface area contributed by atoms with Gasteiger partial charge in [0, 0.05) is 52.5 Å². The van der Waals surface area contributed by atoms with Crippen LogP contribution in [0.2, 0.25) is 0 Å². The second-order valence-electron chi connectivity index (χ2n) is 13.9. The first-order chi connectivity index (χ1) is 25.2. The van der Waals surface area contributed by atoms with Crippen molar-refractivity contribution in [2.45, 2.75) is 25.7 Å². The van der Waals surface area contributed by atoms with Crippen LogP contribution in [0, 0.1) is 11.3 Å². The van der Waals surface area contributed by atoms with Crippen molar-refractivity contribution in [2.24, 2.45) is 0 Å². The number of nitrogens with one attached hydrogen (secondary N) is 1. The highest BCUT2D eigenvalue weighted by atomic mass is 15.2. The summed E-state index contributed by atoms with van der Waals surface area (Å²) in [5, 5.41) is 21.4. The Kier molecular flexibility index (Phi) is 6.76. The van der Waals surface area contributed by atoms with E-state index in [2.05, 4.69) is 143 Å². The molecule has 1 N–H and O–H groups in total. The summed E-state index contributed by atoms with van der Waals surface area (Å²) in [6.07, 6.45) is 2.09. The average Bonchev–Trinajstić information content (AvgIpc) is 3.85. The van der Waals surface area contributed by atoms with E-state index in [-0.39, 0.29) is 5.92 Å². The molecule has 10 rings (SSSR count). The minimum absolute atomic E-state index is 0.198. The first-order valence-corrected chi connectivity index (χ1v) is 18.0. The second kappa shape index (κ2) is 11.6. The molecule has 0 fully saturated rings. The van der Waals surface area contributed by atoms with Gasteiger partial charge in [0.2, 0.25) is 0 Å². The normalized spacial score (nSPS) is 14.1. The van der Waals surface area contributed by atoms with Crippen molar-refractivity contribution >= 4 is 66.4 Å². The molecule has 0 spiro atoms. The Labute approximate surface area is 298 Å². The fourth-order valence-corrected chi connectivity index (χ4v) is 8.95. The molecule has 8 aromatic rings. The molecule has 4 nitrogen and oxygen atoms in total. The summed E-state index contributed by atoms with van der Waals surface area (Å²) in [5.41, 5.74) is 13.1. The first kappa shape index (κ1) is 29.6. The molecule has 8 aromatic carbocycles. The minimum atomic E-state index is 0.198. The van der Waals surface area contributed by atoms with Gasteiger partial charge in [0.25, 0.3) is 0 Å². The fourth-order valence-electron chi connectivity index (χ4n) is 8.95. The van der Waals surface area contributed by atoms with Crippen LogP contribution in [-0.2, 0) is 12.8 Å². The molecular formula is C47H36N4. The highest BCUT2D eigenvalue weighted by Gasteiger charge is 2.28. The van der Waals surface area contributed by atoms with Gasteiger partial charge in [0.1, 0.15) is 6.07 Å². The van der Waals surface area contributed by atoms with Crippen molar-refractivity contribution in [1.82, 2.24) is 0 Å². The zero-order valence-electron chi connectivity index (χ0n) is 28.5. The molecule has 0 saturated carbocycles. The maximum absolute atomic E-state index is 10.2. The topological polar surface area (TPSA) is 42.3 Å². The van der Waals surface area contributed by atoms with E-state index in [4.69, 9.17) is 0 Å². The molecule has 1 unspecified atom stereocenters. The van der Waals surface area contributed by atoms with Gasteiger partial charge in [-0.3, -0.25) is 0 Å². The van der Waals surface area contributed by atoms with E-state index in [0.717, 1.165) is 43.0 Å². The number of para-hydroxylation sites is 3. The summed E-state index contributed by atoms with van der Waals surface area (Å²) < 4.78 is 0. The molecule has 2 aliphatic rings. The lowest BCUT2D eigenvalue weighted by atomic mass is 9.82. The van der Waals surface area contributed by atoms with Crippen molar-refractivity contribution in [1.29, 1.82) is 5.26 Å². The zero-order chi connectivity index (χ0) is 34.1. The van der Waals surface area contributed by atoms with Crippen molar-refractivity contribution in [2.75, 3.05) is 28.2 Å². The lowest BCUT2D eigenvalue weighted by molar-refractivity contribution is 0.906. The Morgan fingerprint density at radius 3 is 2.35 bits per heavy atom. The van der Waals surface area contributed by atoms with Gasteiger partial charge >= 0.3 is 0 Å². The SMILES string of the molecule is CC(c1cccc2c1CCN2)c1cc(N2CCc3ccccc32)c2ccc3ccc(N(c4ccccc4)c4ccccc4C#N)c4ccc1c2c34. The number of hydrogen-bond acceptors (Lipinski definition) is 4. The number of fused-ring (bicyclic) bond motifs is 2. The van der Waals surface area contributed by atoms with E-state index in [9.17, 15) is 5.26 Å². The Bertz CT molecular complexity index is 2670. The van der Waals surface area contributed by atoms with Crippen molar-refractivity contribution in [3.8, 4) is 6.07 Å². The molecule has 0 bridgehead atoms. The quantitative estimate of drug-likeness (QED) is 0.181. The van der Waals surface area contributed by atoms with E-state index in [1.54, 1.807) is 0 Å². The van der Waals surface area contributed by atoms with Gasteiger partial charge in [-0.2, -0.15) is 5.26 Å². The Hall–Kier alpha value is -6.31. The standard InChI is InChI=1S/C47H36N4/c1-30(35-14-9-15-41-36(35)24-26-49-41)40-28-45(50-27-25-31-10-5-7-16-42(31)50)39-20-18-32-19-23-44(38-22-21-37(40)47(39)46(32)38)51(34-12-3-2-4-13-34)43-17-8-6-11-33(43)29-48/h2-23,28,30,49H,24-27H2,1H3. The van der Waals surface area contributed by atoms with Crippen LogP contribution < -0.4 is 15.1 Å². The van der Waals surface area contributed by atoms with Crippen LogP contribution in [0.3, 0.4) is 0 Å². The maximum atomic E-state index is 10.2. The smallest absolute Gasteiger partial charge is 0.101 e. The molecule has 2 aliphatic heterocycles. The molecule has 0 amide bonds. The number of nitriles is 1. The van der Waals surface area contributed by atoms with Crippen LogP contribution in [-0.4, -0.2) is 13.1 Å². The monoisotopic (exact) mass is 656 g/mol. The highest BCUT2D eigenvalue weighted by Crippen LogP contribution is 2.50. The molecule has 244 valence electrons. The fraction of sp³-hybridized carbons (Fsp3) is 0.128. The predicted octanol–water partition coefficient (Wildman–Crippen LogP) is 11.7. The van der Waals surface area contributed by atoms with Gasteiger partial charge in [-0.05, 0) is 105 Å². The molecule has 1 atom stereocenters. The summed E-state index contributed by atoms with van der Waals surface area (Å²) >= 11 is 0. The Morgan fingerprint density at radius 1 is 0.667 bits per heavy atom. The van der Waals surface area contributed by atoms with E-state index in [1.807, 2.05) is 24.3 Å². The number of nitrogens with zero attached hydrogens (tertiary/aromatic N) is 3. The van der Waals surface area contributed by atoms with Crippen LogP contribution >= 0.6 is 0 Å². The number of anilines is 6. The summed E-state index contributed by atoms with van der Waals surface area (Å²) in [6, 6.07) is 52.8. The predicted molar refractivity (Wildman–Crippen MR) is 213 cm³/mol. The van der Waals surface area contributed by atoms with E-state index in [0.29, 0.717) is 5.56 Å². The van der Waals surface area contributed by atoms with Crippen LogP contribution in [0.15, 0.2) is 140 Å². The van der Waals surface area contributed by atoms with Crippen molar-refractivity contribution in [3.63, 3.8) is 0 Å². The van der Waals surface area contributed by atoms with E-state index >= 15 is 0 Å². The number of benzene rings is 8. The van der Waals surface area contributed by atoms with Gasteiger partial charge in [-0.25, -0.2) is 0 Å². The molecule has 2 heterocycles. The molecule has 0 saturated heterocycles. The Balaban J connectivity index is 1.28. The van der Waals surface area contributed by atoms with Crippen LogP contribution in [0.4, 0.5) is 34.1 Å². The van der Waals surface area contributed by atoms with Gasteiger partial charge in [-0.15, -0.1) is 0 Å². The number of rotatable bonds is 6. The first-order valence-electron chi connectivity index (χ1n) is 18.0. The van der Waals surface area contributed by atoms with Crippen molar-refractivity contribution in [3.05, 3.63) is 167 Å². The molecule has 51 heavy (non-hydrogen) atoms. The van der Waals surface area contributed by atoms with E-state index in [1.165, 1.54) is 71.6 Å². The molecule has 0 aliphatic carbocycles. The molecule has 0 aromatic heterocycles. The van der Waals surface area contributed by atoms with Crippen LogP contribution in [0.25, 0.3) is 32.3 Å². The average molecular weight is 657 g/mol. The maximum Gasteiger partial charge on any atom is 0.101 e. The van der Waals surface area contributed by atoms with Gasteiger partial charge in [-0.1, -0.05) is 97.9 Å². The van der Waals surface area contributed by atoms with Gasteiger partial charge in [0.05, 0.1) is 16.9 Å². The lowest BCUT2D eigenvalue weighted by Crippen LogP contribution is -2.15. The van der Waals surface area contributed by atoms with Crippen molar-refractivity contribution < 1.29 is 0 Å². The summed E-state index contributed by atoms with van der Waals surface area (Å²) in [6.45, 7) is 4.34. The third-order valence-corrected chi connectivity index (χ3v) is 11.3. The van der Waals surface area contributed by atoms with Crippen LogP contribution in [0.1, 0.15) is 40.7 Å². The van der Waals surface area contributed by atoms with Crippen LogP contribution in [0.5, 0.6) is 0 Å². The summed E-state index contributed by atoms with van der Waals surface area (Å²) in [7, 11) is 0. The minimum Gasteiger partial charge on any atom is -0.384 e. The lowest BCUT2D eigenvalue weighted by Gasteiger charge is -2.30. The second-order valence-corrected chi connectivity index (χ2v) is 13.9. The third kappa shape index (κ3) is 4.51. The third-order valence-electron chi connectivity index (χ3n) is 11.3. The molecule has 4 heteroatoms. The van der Waals surface area contributed by atoms with E-state index < -0.39 is 0 Å². The van der Waals surface area contributed by atoms with Gasteiger partial charge < -0.3 is 15.1 Å². The van der Waals surface area contributed by atoms with Gasteiger partial charge in [0.15, 0.2) is 0 Å². The molecular weight excluding hydrogens is 621 g/mol. The Morgan fingerprint density at radius 2 is 1.45 bits per heavy atom. The summed E-state index contributed by atoms with van der Waals surface area (Å²) in [4.78, 5) is 4.81. The zero-order valence-corrected chi connectivity index (χ0v) is 28.5.